The Morgan fingerprint density at radius 3 is 2.90 bits per heavy atom. The maximum Gasteiger partial charge on any atom is 0.274 e. The molecule has 1 saturated heterocycles. The Morgan fingerprint density at radius 2 is 2.20 bits per heavy atom. The highest BCUT2D eigenvalue weighted by Crippen LogP contribution is 2.38. The summed E-state index contributed by atoms with van der Waals surface area (Å²) in [4.78, 5) is 12.7. The van der Waals surface area contributed by atoms with Gasteiger partial charge in [-0.05, 0) is 36.8 Å². The van der Waals surface area contributed by atoms with Crippen molar-refractivity contribution in [2.24, 2.45) is 17.6 Å². The maximum absolute atomic E-state index is 13.3. The molecule has 3 unspecified atom stereocenters. The first-order chi connectivity index (χ1) is 9.54. The minimum Gasteiger partial charge on any atom is -0.327 e. The SMILES string of the molecule is NC1CCC2CN(Cc3cc(F)ccc3[N+](=O)[O-])CC12. The van der Waals surface area contributed by atoms with Gasteiger partial charge in [-0.3, -0.25) is 15.0 Å². The monoisotopic (exact) mass is 279 g/mol. The van der Waals surface area contributed by atoms with Gasteiger partial charge in [-0.15, -0.1) is 0 Å². The molecule has 1 aliphatic carbocycles. The minimum atomic E-state index is -0.447. The van der Waals surface area contributed by atoms with Crippen LogP contribution in [0.15, 0.2) is 18.2 Å². The van der Waals surface area contributed by atoms with Gasteiger partial charge in [0.15, 0.2) is 0 Å². The highest BCUT2D eigenvalue weighted by molar-refractivity contribution is 5.40. The topological polar surface area (TPSA) is 72.4 Å². The second-order valence-corrected chi connectivity index (χ2v) is 5.89. The molecule has 1 heterocycles. The lowest BCUT2D eigenvalue weighted by Gasteiger charge is -2.18. The van der Waals surface area contributed by atoms with Crippen molar-refractivity contribution >= 4 is 5.69 Å². The van der Waals surface area contributed by atoms with Crippen molar-refractivity contribution in [1.29, 1.82) is 0 Å². The first kappa shape index (κ1) is 13.5. The van der Waals surface area contributed by atoms with Crippen molar-refractivity contribution in [1.82, 2.24) is 4.90 Å². The summed E-state index contributed by atoms with van der Waals surface area (Å²) >= 11 is 0. The van der Waals surface area contributed by atoms with Crippen LogP contribution in [-0.4, -0.2) is 29.0 Å². The van der Waals surface area contributed by atoms with Gasteiger partial charge in [-0.2, -0.15) is 0 Å². The van der Waals surface area contributed by atoms with Gasteiger partial charge in [-0.25, -0.2) is 4.39 Å². The molecule has 108 valence electrons. The van der Waals surface area contributed by atoms with Crippen molar-refractivity contribution in [3.63, 3.8) is 0 Å². The molecule has 0 bridgehead atoms. The Hall–Kier alpha value is -1.53. The molecule has 0 amide bonds. The maximum atomic E-state index is 13.3. The van der Waals surface area contributed by atoms with Crippen LogP contribution in [0.4, 0.5) is 10.1 Å². The molecule has 1 saturated carbocycles. The number of hydrogen-bond donors (Lipinski definition) is 1. The van der Waals surface area contributed by atoms with Gasteiger partial charge >= 0.3 is 0 Å². The molecular formula is C14H18FN3O2. The van der Waals surface area contributed by atoms with Crippen molar-refractivity contribution in [2.75, 3.05) is 13.1 Å². The van der Waals surface area contributed by atoms with E-state index in [0.29, 0.717) is 23.9 Å². The van der Waals surface area contributed by atoms with Gasteiger partial charge in [0.1, 0.15) is 5.82 Å². The molecule has 3 atom stereocenters. The summed E-state index contributed by atoms with van der Waals surface area (Å²) in [5.41, 5.74) is 6.52. The fourth-order valence-corrected chi connectivity index (χ4v) is 3.63. The van der Waals surface area contributed by atoms with Gasteiger partial charge in [0, 0.05) is 37.3 Å². The quantitative estimate of drug-likeness (QED) is 0.677. The molecule has 1 aliphatic heterocycles. The Balaban J connectivity index is 1.76. The molecule has 2 aliphatic rings. The van der Waals surface area contributed by atoms with Crippen molar-refractivity contribution in [2.45, 2.75) is 25.4 Å². The van der Waals surface area contributed by atoms with Crippen LogP contribution in [0.3, 0.4) is 0 Å². The summed E-state index contributed by atoms with van der Waals surface area (Å²) in [6, 6.07) is 3.89. The third-order valence-electron chi connectivity index (χ3n) is 4.62. The molecule has 1 aromatic carbocycles. The summed E-state index contributed by atoms with van der Waals surface area (Å²) in [7, 11) is 0. The highest BCUT2D eigenvalue weighted by atomic mass is 19.1. The number of halogens is 1. The van der Waals surface area contributed by atoms with Gasteiger partial charge in [0.05, 0.1) is 4.92 Å². The molecule has 0 spiro atoms. The summed E-state index contributed by atoms with van der Waals surface area (Å²) in [5, 5.41) is 11.0. The third kappa shape index (κ3) is 2.41. The van der Waals surface area contributed by atoms with Gasteiger partial charge in [0.25, 0.3) is 5.69 Å². The second-order valence-electron chi connectivity index (χ2n) is 5.89. The Labute approximate surface area is 116 Å². The molecule has 0 radical (unpaired) electrons. The predicted molar refractivity (Wildman–Crippen MR) is 72.5 cm³/mol. The van der Waals surface area contributed by atoms with E-state index in [9.17, 15) is 14.5 Å². The average molecular weight is 279 g/mol. The lowest BCUT2D eigenvalue weighted by atomic mass is 9.98. The number of nitrogens with two attached hydrogens (primary N) is 1. The van der Waals surface area contributed by atoms with Crippen LogP contribution in [0, 0.1) is 27.8 Å². The summed E-state index contributed by atoms with van der Waals surface area (Å²) in [5.74, 6) is 0.655. The average Bonchev–Trinajstić information content (AvgIpc) is 2.92. The van der Waals surface area contributed by atoms with Crippen LogP contribution >= 0.6 is 0 Å². The van der Waals surface area contributed by atoms with Gasteiger partial charge in [0.2, 0.25) is 0 Å². The normalized spacial score (nSPS) is 29.6. The fourth-order valence-electron chi connectivity index (χ4n) is 3.63. The fraction of sp³-hybridized carbons (Fsp3) is 0.571. The zero-order valence-electron chi connectivity index (χ0n) is 11.2. The van der Waals surface area contributed by atoms with Crippen LogP contribution in [0.1, 0.15) is 18.4 Å². The number of hydrogen-bond acceptors (Lipinski definition) is 4. The zero-order valence-corrected chi connectivity index (χ0v) is 11.2. The third-order valence-corrected chi connectivity index (χ3v) is 4.62. The summed E-state index contributed by atoms with van der Waals surface area (Å²) < 4.78 is 13.3. The Bertz CT molecular complexity index is 537. The molecule has 5 nitrogen and oxygen atoms in total. The van der Waals surface area contributed by atoms with E-state index < -0.39 is 10.7 Å². The molecule has 0 aromatic heterocycles. The predicted octanol–water partition coefficient (Wildman–Crippen LogP) is 1.90. The Morgan fingerprint density at radius 1 is 1.40 bits per heavy atom. The van der Waals surface area contributed by atoms with E-state index >= 15 is 0 Å². The molecular weight excluding hydrogens is 261 g/mol. The van der Waals surface area contributed by atoms with Crippen LogP contribution in [-0.2, 0) is 6.54 Å². The lowest BCUT2D eigenvalue weighted by Crippen LogP contribution is -2.30. The standard InChI is InChI=1S/C14H18FN3O2/c15-11-2-4-14(18(19)20)10(5-11)7-17-6-9-1-3-13(16)12(9)8-17/h2,4-5,9,12-13H,1,3,6-8,16H2. The van der Waals surface area contributed by atoms with Gasteiger partial charge in [-0.1, -0.05) is 0 Å². The largest absolute Gasteiger partial charge is 0.327 e. The second kappa shape index (κ2) is 5.10. The number of rotatable bonds is 3. The number of nitrogens with zero attached hydrogens (tertiary/aromatic N) is 2. The molecule has 20 heavy (non-hydrogen) atoms. The summed E-state index contributed by atoms with van der Waals surface area (Å²) in [6.07, 6.45) is 2.21. The van der Waals surface area contributed by atoms with E-state index in [4.69, 9.17) is 5.73 Å². The van der Waals surface area contributed by atoms with Crippen LogP contribution < -0.4 is 5.73 Å². The molecule has 6 heteroatoms. The summed E-state index contributed by atoms with van der Waals surface area (Å²) in [6.45, 7) is 2.19. The van der Waals surface area contributed by atoms with E-state index in [-0.39, 0.29) is 11.7 Å². The first-order valence-electron chi connectivity index (χ1n) is 6.95. The van der Waals surface area contributed by atoms with Crippen LogP contribution in [0.25, 0.3) is 0 Å². The van der Waals surface area contributed by atoms with E-state index in [1.165, 1.54) is 12.1 Å². The van der Waals surface area contributed by atoms with Crippen LogP contribution in [0.2, 0.25) is 0 Å². The molecule has 1 aromatic rings. The van der Waals surface area contributed by atoms with Crippen molar-refractivity contribution in [3.8, 4) is 0 Å². The Kier molecular flexibility index (Phi) is 3.43. The van der Waals surface area contributed by atoms with E-state index in [0.717, 1.165) is 32.0 Å². The molecule has 2 N–H and O–H groups in total. The molecule has 2 fully saturated rings. The highest BCUT2D eigenvalue weighted by Gasteiger charge is 2.41. The number of nitro benzene ring substituents is 1. The van der Waals surface area contributed by atoms with Crippen LogP contribution in [0.5, 0.6) is 0 Å². The van der Waals surface area contributed by atoms with Gasteiger partial charge < -0.3 is 5.73 Å². The number of benzene rings is 1. The number of likely N-dealkylation sites (tertiary alicyclic amines) is 1. The van der Waals surface area contributed by atoms with E-state index in [1.54, 1.807) is 0 Å². The van der Waals surface area contributed by atoms with Crippen molar-refractivity contribution in [3.05, 3.63) is 39.7 Å². The minimum absolute atomic E-state index is 0.00671. The zero-order chi connectivity index (χ0) is 14.3. The smallest absolute Gasteiger partial charge is 0.274 e. The first-order valence-corrected chi connectivity index (χ1v) is 6.95. The van der Waals surface area contributed by atoms with Crippen molar-refractivity contribution < 1.29 is 9.31 Å². The van der Waals surface area contributed by atoms with E-state index in [2.05, 4.69) is 4.90 Å². The molecule has 3 rings (SSSR count). The number of fused-ring (bicyclic) bond motifs is 1. The lowest BCUT2D eigenvalue weighted by molar-refractivity contribution is -0.385. The van der Waals surface area contributed by atoms with E-state index in [1.807, 2.05) is 0 Å². The number of nitro groups is 1.